The van der Waals surface area contributed by atoms with Crippen LogP contribution < -0.4 is 10.2 Å². The van der Waals surface area contributed by atoms with E-state index in [9.17, 15) is 9.59 Å². The summed E-state index contributed by atoms with van der Waals surface area (Å²) in [6, 6.07) is 9.00. The van der Waals surface area contributed by atoms with Gasteiger partial charge in [0.25, 0.3) is 0 Å². The lowest BCUT2D eigenvalue weighted by Gasteiger charge is -2.23. The van der Waals surface area contributed by atoms with Gasteiger partial charge in [0.1, 0.15) is 0 Å². The largest absolute Gasteiger partial charge is 0.395 e. The van der Waals surface area contributed by atoms with Gasteiger partial charge in [-0.1, -0.05) is 18.2 Å². The first-order chi connectivity index (χ1) is 10.2. The van der Waals surface area contributed by atoms with E-state index in [0.717, 1.165) is 5.69 Å². The molecule has 1 aromatic rings. The number of nitrogens with one attached hydrogen (secondary N) is 1. The second kappa shape index (κ2) is 7.08. The molecule has 0 aliphatic carbocycles. The second-order valence-corrected chi connectivity index (χ2v) is 4.99. The molecule has 1 aliphatic heterocycles. The smallest absolute Gasteiger partial charge is 0.317 e. The van der Waals surface area contributed by atoms with E-state index in [-0.39, 0.29) is 24.6 Å². The van der Waals surface area contributed by atoms with Gasteiger partial charge in [-0.05, 0) is 19.1 Å². The average molecular weight is 291 g/mol. The maximum absolute atomic E-state index is 12.1. The number of aliphatic hydroxyl groups excluding tert-OH is 1. The second-order valence-electron chi connectivity index (χ2n) is 4.99. The predicted molar refractivity (Wildman–Crippen MR) is 80.1 cm³/mol. The van der Waals surface area contributed by atoms with Crippen molar-refractivity contribution < 1.29 is 14.7 Å². The lowest BCUT2D eigenvalue weighted by Crippen LogP contribution is -2.46. The van der Waals surface area contributed by atoms with Gasteiger partial charge in [0.15, 0.2) is 0 Å². The van der Waals surface area contributed by atoms with E-state index in [4.69, 9.17) is 5.11 Å². The van der Waals surface area contributed by atoms with Gasteiger partial charge in [0.2, 0.25) is 5.91 Å². The van der Waals surface area contributed by atoms with E-state index in [2.05, 4.69) is 5.32 Å². The summed E-state index contributed by atoms with van der Waals surface area (Å²) in [6.45, 7) is 3.08. The SMILES string of the molecule is CCN(CCO)C(=O)N[C@@H]1CC(=O)N(c2ccccc2)C1. The normalized spacial score (nSPS) is 17.9. The summed E-state index contributed by atoms with van der Waals surface area (Å²) < 4.78 is 0. The molecule has 0 radical (unpaired) electrons. The van der Waals surface area contributed by atoms with Crippen LogP contribution in [0.1, 0.15) is 13.3 Å². The number of benzene rings is 1. The van der Waals surface area contributed by atoms with Gasteiger partial charge in [-0.25, -0.2) is 4.79 Å². The highest BCUT2D eigenvalue weighted by Gasteiger charge is 2.32. The van der Waals surface area contributed by atoms with Crippen molar-refractivity contribution in [2.24, 2.45) is 0 Å². The Morgan fingerprint density at radius 3 is 2.76 bits per heavy atom. The summed E-state index contributed by atoms with van der Waals surface area (Å²) in [5.41, 5.74) is 0.849. The summed E-state index contributed by atoms with van der Waals surface area (Å²) in [5, 5.41) is 11.8. The fraction of sp³-hybridized carbons (Fsp3) is 0.467. The zero-order valence-electron chi connectivity index (χ0n) is 12.2. The van der Waals surface area contributed by atoms with Crippen LogP contribution in [-0.4, -0.2) is 54.2 Å². The third kappa shape index (κ3) is 3.72. The van der Waals surface area contributed by atoms with Gasteiger partial charge in [0, 0.05) is 31.7 Å². The molecule has 0 saturated carbocycles. The maximum Gasteiger partial charge on any atom is 0.317 e. The molecule has 2 rings (SSSR count). The summed E-state index contributed by atoms with van der Waals surface area (Å²) >= 11 is 0. The number of hydrogen-bond donors (Lipinski definition) is 2. The molecule has 0 aromatic heterocycles. The fourth-order valence-electron chi connectivity index (χ4n) is 2.45. The highest BCUT2D eigenvalue weighted by Crippen LogP contribution is 2.21. The maximum atomic E-state index is 12.1. The van der Waals surface area contributed by atoms with E-state index in [1.165, 1.54) is 4.90 Å². The number of likely N-dealkylation sites (N-methyl/N-ethyl adjacent to an activating group) is 1. The minimum atomic E-state index is -0.237. The van der Waals surface area contributed by atoms with Crippen molar-refractivity contribution in [3.63, 3.8) is 0 Å². The number of amides is 3. The molecule has 0 bridgehead atoms. The predicted octanol–water partition coefficient (Wildman–Crippen LogP) is 0.816. The van der Waals surface area contributed by atoms with Crippen LogP contribution >= 0.6 is 0 Å². The van der Waals surface area contributed by atoms with Crippen LogP contribution in [0.5, 0.6) is 0 Å². The van der Waals surface area contributed by atoms with Crippen molar-refractivity contribution in [1.29, 1.82) is 0 Å². The third-order valence-electron chi connectivity index (χ3n) is 3.56. The molecular weight excluding hydrogens is 270 g/mol. The van der Waals surface area contributed by atoms with Gasteiger partial charge in [-0.3, -0.25) is 4.79 Å². The van der Waals surface area contributed by atoms with Gasteiger partial charge < -0.3 is 20.2 Å². The number of nitrogens with zero attached hydrogens (tertiary/aromatic N) is 2. The van der Waals surface area contributed by atoms with E-state index < -0.39 is 0 Å². The van der Waals surface area contributed by atoms with Crippen LogP contribution in [-0.2, 0) is 4.79 Å². The van der Waals surface area contributed by atoms with Crippen molar-refractivity contribution in [2.45, 2.75) is 19.4 Å². The van der Waals surface area contributed by atoms with Crippen molar-refractivity contribution in [3.05, 3.63) is 30.3 Å². The molecule has 2 N–H and O–H groups in total. The number of rotatable bonds is 5. The van der Waals surface area contributed by atoms with E-state index in [1.54, 1.807) is 4.90 Å². The van der Waals surface area contributed by atoms with Crippen LogP contribution in [0.15, 0.2) is 30.3 Å². The molecule has 1 heterocycles. The molecule has 6 heteroatoms. The number of carbonyl (C=O) groups excluding carboxylic acids is 2. The zero-order valence-corrected chi connectivity index (χ0v) is 12.2. The molecule has 6 nitrogen and oxygen atoms in total. The molecule has 1 fully saturated rings. The standard InChI is InChI=1S/C15H21N3O3/c1-2-17(8-9-19)15(21)16-12-10-14(20)18(11-12)13-6-4-3-5-7-13/h3-7,12,19H,2,8-11H2,1H3,(H,16,21)/t12-/m1/s1. The van der Waals surface area contributed by atoms with Crippen LogP contribution in [0.4, 0.5) is 10.5 Å². The zero-order chi connectivity index (χ0) is 15.2. The summed E-state index contributed by atoms with van der Waals surface area (Å²) in [4.78, 5) is 27.3. The van der Waals surface area contributed by atoms with Crippen LogP contribution in [0.2, 0.25) is 0 Å². The van der Waals surface area contributed by atoms with Gasteiger partial charge in [0.05, 0.1) is 12.6 Å². The fourth-order valence-corrected chi connectivity index (χ4v) is 2.45. The van der Waals surface area contributed by atoms with E-state index in [1.807, 2.05) is 37.3 Å². The minimum Gasteiger partial charge on any atom is -0.395 e. The molecule has 21 heavy (non-hydrogen) atoms. The first-order valence-electron chi connectivity index (χ1n) is 7.17. The van der Waals surface area contributed by atoms with Crippen molar-refractivity contribution >= 4 is 17.6 Å². The molecular formula is C15H21N3O3. The number of para-hydroxylation sites is 1. The Kier molecular flexibility index (Phi) is 5.16. The Hall–Kier alpha value is -2.08. The molecule has 1 saturated heterocycles. The van der Waals surface area contributed by atoms with Crippen molar-refractivity contribution in [3.8, 4) is 0 Å². The van der Waals surface area contributed by atoms with E-state index >= 15 is 0 Å². The quantitative estimate of drug-likeness (QED) is 0.843. The summed E-state index contributed by atoms with van der Waals surface area (Å²) in [5.74, 6) is 0.0108. The first-order valence-corrected chi connectivity index (χ1v) is 7.17. The van der Waals surface area contributed by atoms with Crippen LogP contribution in [0.25, 0.3) is 0 Å². The van der Waals surface area contributed by atoms with Gasteiger partial charge in [-0.15, -0.1) is 0 Å². The van der Waals surface area contributed by atoms with E-state index in [0.29, 0.717) is 26.1 Å². The lowest BCUT2D eigenvalue weighted by atomic mass is 10.2. The highest BCUT2D eigenvalue weighted by molar-refractivity contribution is 5.96. The minimum absolute atomic E-state index is 0.0108. The Morgan fingerprint density at radius 2 is 2.14 bits per heavy atom. The Morgan fingerprint density at radius 1 is 1.43 bits per heavy atom. The van der Waals surface area contributed by atoms with Crippen LogP contribution in [0, 0.1) is 0 Å². The first kappa shape index (κ1) is 15.3. The van der Waals surface area contributed by atoms with Gasteiger partial charge in [-0.2, -0.15) is 0 Å². The van der Waals surface area contributed by atoms with Gasteiger partial charge >= 0.3 is 6.03 Å². The number of aliphatic hydroxyl groups is 1. The molecule has 0 spiro atoms. The Bertz CT molecular complexity index is 492. The number of hydrogen-bond acceptors (Lipinski definition) is 3. The molecule has 1 atom stereocenters. The molecule has 114 valence electrons. The Balaban J connectivity index is 1.95. The summed E-state index contributed by atoms with van der Waals surface area (Å²) in [7, 11) is 0. The molecule has 0 unspecified atom stereocenters. The van der Waals surface area contributed by atoms with Crippen molar-refractivity contribution in [2.75, 3.05) is 31.1 Å². The number of anilines is 1. The monoisotopic (exact) mass is 291 g/mol. The summed E-state index contributed by atoms with van der Waals surface area (Å²) in [6.07, 6.45) is 0.303. The molecule has 1 aliphatic rings. The Labute approximate surface area is 124 Å². The topological polar surface area (TPSA) is 72.9 Å². The average Bonchev–Trinajstić information content (AvgIpc) is 2.86. The molecule has 1 aromatic carbocycles. The third-order valence-corrected chi connectivity index (χ3v) is 3.56. The van der Waals surface area contributed by atoms with Crippen molar-refractivity contribution in [1.82, 2.24) is 10.2 Å². The number of urea groups is 1. The lowest BCUT2D eigenvalue weighted by molar-refractivity contribution is -0.117. The van der Waals surface area contributed by atoms with Crippen LogP contribution in [0.3, 0.4) is 0 Å². The highest BCUT2D eigenvalue weighted by atomic mass is 16.3. The molecule has 3 amide bonds. The number of carbonyl (C=O) groups is 2.